The predicted molar refractivity (Wildman–Crippen MR) is 113 cm³/mol. The minimum Gasteiger partial charge on any atom is -0.349 e. The summed E-state index contributed by atoms with van der Waals surface area (Å²) in [7, 11) is 3.85. The van der Waals surface area contributed by atoms with Gasteiger partial charge in [-0.05, 0) is 38.4 Å². The Bertz CT molecular complexity index is 975. The lowest BCUT2D eigenvalue weighted by Crippen LogP contribution is -2.32. The Kier molecular flexibility index (Phi) is 6.82. The first-order chi connectivity index (χ1) is 14.0. The molecule has 0 aliphatic carbocycles. The fraction of sp³-hybridized carbons (Fsp3) is 0.211. The molecule has 10 heteroatoms. The molecule has 3 rings (SSSR count). The smallest absolute Gasteiger partial charge is 0.326 e. The lowest BCUT2D eigenvalue weighted by Gasteiger charge is -2.10. The van der Waals surface area contributed by atoms with Crippen molar-refractivity contribution in [1.29, 1.82) is 0 Å². The lowest BCUT2D eigenvalue weighted by atomic mass is 10.3. The predicted octanol–water partition coefficient (Wildman–Crippen LogP) is 2.54. The number of hydrogen-bond donors (Lipinski definition) is 3. The number of rotatable bonds is 7. The number of carbonyl (C=O) groups is 2. The first kappa shape index (κ1) is 20.4. The van der Waals surface area contributed by atoms with Crippen LogP contribution >= 0.6 is 11.3 Å². The van der Waals surface area contributed by atoms with E-state index in [1.165, 1.54) is 11.3 Å². The third kappa shape index (κ3) is 6.06. The highest BCUT2D eigenvalue weighted by Crippen LogP contribution is 2.25. The quantitative estimate of drug-likeness (QED) is 0.551. The second kappa shape index (κ2) is 9.71. The maximum atomic E-state index is 12.2. The van der Waals surface area contributed by atoms with E-state index in [1.54, 1.807) is 36.0 Å². The Hall–Kier alpha value is -3.37. The number of nitrogens with zero attached hydrogens (tertiary/aromatic N) is 4. The molecule has 3 amide bonds. The van der Waals surface area contributed by atoms with Gasteiger partial charge >= 0.3 is 6.03 Å². The van der Waals surface area contributed by atoms with E-state index >= 15 is 0 Å². The maximum Gasteiger partial charge on any atom is 0.326 e. The van der Waals surface area contributed by atoms with Crippen molar-refractivity contribution in [2.45, 2.75) is 0 Å². The molecule has 3 heterocycles. The van der Waals surface area contributed by atoms with Gasteiger partial charge in [0.25, 0.3) is 5.91 Å². The Morgan fingerprint density at radius 3 is 2.55 bits per heavy atom. The number of thiazole rings is 1. The standard InChI is InChI=1S/C19H21N7O2S/c1-26(2)11-10-21-17(27)14-4-3-5-15(22-14)24-19(28)25-16-12-29-18(23-16)13-6-8-20-9-7-13/h3-9,12H,10-11H2,1-2H3,(H,21,27)(H2,22,24,25,28). The summed E-state index contributed by atoms with van der Waals surface area (Å²) in [6.45, 7) is 1.23. The zero-order chi connectivity index (χ0) is 20.6. The number of nitrogens with one attached hydrogen (secondary N) is 3. The number of carbonyl (C=O) groups excluding carboxylic acids is 2. The van der Waals surface area contributed by atoms with E-state index < -0.39 is 6.03 Å². The SMILES string of the molecule is CN(C)CCNC(=O)c1cccc(NC(=O)Nc2csc(-c3ccncc3)n2)n1. The molecule has 9 nitrogen and oxygen atoms in total. The summed E-state index contributed by atoms with van der Waals surface area (Å²) >= 11 is 1.41. The van der Waals surface area contributed by atoms with E-state index in [4.69, 9.17) is 0 Å². The van der Waals surface area contributed by atoms with Crippen molar-refractivity contribution in [3.05, 3.63) is 53.8 Å². The molecule has 3 aromatic heterocycles. The van der Waals surface area contributed by atoms with Gasteiger partial charge in [0.15, 0.2) is 0 Å². The number of aromatic nitrogens is 3. The fourth-order valence-corrected chi connectivity index (χ4v) is 3.09. The zero-order valence-corrected chi connectivity index (χ0v) is 16.9. The average Bonchev–Trinajstić information content (AvgIpc) is 3.17. The molecule has 3 N–H and O–H groups in total. The Morgan fingerprint density at radius 1 is 1.03 bits per heavy atom. The van der Waals surface area contributed by atoms with Crippen molar-refractivity contribution < 1.29 is 9.59 Å². The van der Waals surface area contributed by atoms with Crippen LogP contribution in [-0.4, -0.2) is 59.0 Å². The molecule has 0 saturated heterocycles. The van der Waals surface area contributed by atoms with Crippen LogP contribution in [0.3, 0.4) is 0 Å². The summed E-state index contributed by atoms with van der Waals surface area (Å²) < 4.78 is 0. The van der Waals surface area contributed by atoms with Crippen molar-refractivity contribution in [3.8, 4) is 10.6 Å². The van der Waals surface area contributed by atoms with Crippen LogP contribution < -0.4 is 16.0 Å². The summed E-state index contributed by atoms with van der Waals surface area (Å²) in [6.07, 6.45) is 3.37. The van der Waals surface area contributed by atoms with Crippen LogP contribution in [0.15, 0.2) is 48.1 Å². The minimum atomic E-state index is -0.491. The van der Waals surface area contributed by atoms with Gasteiger partial charge in [0.2, 0.25) is 0 Å². The second-order valence-electron chi connectivity index (χ2n) is 6.32. The molecule has 0 bridgehead atoms. The first-order valence-electron chi connectivity index (χ1n) is 8.85. The Balaban J connectivity index is 1.57. The number of urea groups is 1. The first-order valence-corrected chi connectivity index (χ1v) is 9.73. The van der Waals surface area contributed by atoms with E-state index in [0.717, 1.165) is 17.1 Å². The summed E-state index contributed by atoms with van der Waals surface area (Å²) in [5.41, 5.74) is 1.16. The molecule has 0 radical (unpaired) electrons. The average molecular weight is 411 g/mol. The molecule has 0 saturated carbocycles. The number of likely N-dealkylation sites (N-methyl/N-ethyl adjacent to an activating group) is 1. The normalized spacial score (nSPS) is 10.6. The van der Waals surface area contributed by atoms with Crippen molar-refractivity contribution in [3.63, 3.8) is 0 Å². The molecule has 0 fully saturated rings. The van der Waals surface area contributed by atoms with E-state index in [2.05, 4.69) is 30.9 Å². The van der Waals surface area contributed by atoms with Crippen molar-refractivity contribution in [2.75, 3.05) is 37.8 Å². The van der Waals surface area contributed by atoms with Gasteiger partial charge in [-0.1, -0.05) is 6.07 Å². The lowest BCUT2D eigenvalue weighted by molar-refractivity contribution is 0.0946. The van der Waals surface area contributed by atoms with Crippen LogP contribution in [0.25, 0.3) is 10.6 Å². The molecule has 150 valence electrons. The van der Waals surface area contributed by atoms with Gasteiger partial charge in [-0.15, -0.1) is 11.3 Å². The van der Waals surface area contributed by atoms with Gasteiger partial charge in [0, 0.05) is 36.4 Å². The molecule has 0 aliphatic heterocycles. The third-order valence-electron chi connectivity index (χ3n) is 3.74. The highest BCUT2D eigenvalue weighted by atomic mass is 32.1. The summed E-state index contributed by atoms with van der Waals surface area (Å²) in [5.74, 6) is 0.404. The highest BCUT2D eigenvalue weighted by molar-refractivity contribution is 7.13. The van der Waals surface area contributed by atoms with Crippen molar-refractivity contribution in [1.82, 2.24) is 25.2 Å². The highest BCUT2D eigenvalue weighted by Gasteiger charge is 2.11. The van der Waals surface area contributed by atoms with Crippen LogP contribution in [0.1, 0.15) is 10.5 Å². The monoisotopic (exact) mass is 411 g/mol. The minimum absolute atomic E-state index is 0.232. The maximum absolute atomic E-state index is 12.2. The van der Waals surface area contributed by atoms with Crippen LogP contribution in [0.5, 0.6) is 0 Å². The molecule has 0 atom stereocenters. The van der Waals surface area contributed by atoms with Gasteiger partial charge in [-0.3, -0.25) is 20.4 Å². The number of hydrogen-bond acceptors (Lipinski definition) is 7. The second-order valence-corrected chi connectivity index (χ2v) is 7.18. The largest absolute Gasteiger partial charge is 0.349 e. The molecule has 0 aromatic carbocycles. The zero-order valence-electron chi connectivity index (χ0n) is 16.0. The van der Waals surface area contributed by atoms with Crippen LogP contribution in [0, 0.1) is 0 Å². The van der Waals surface area contributed by atoms with E-state index in [0.29, 0.717) is 12.4 Å². The molecule has 3 aromatic rings. The number of anilines is 2. The summed E-state index contributed by atoms with van der Waals surface area (Å²) in [4.78, 5) is 38.9. The molecule has 29 heavy (non-hydrogen) atoms. The summed E-state index contributed by atoms with van der Waals surface area (Å²) in [5, 5.41) is 10.6. The molecule has 0 unspecified atom stereocenters. The Labute approximate surface area is 172 Å². The Morgan fingerprint density at radius 2 is 1.79 bits per heavy atom. The fourth-order valence-electron chi connectivity index (χ4n) is 2.34. The van der Waals surface area contributed by atoms with Crippen molar-refractivity contribution in [2.24, 2.45) is 0 Å². The van der Waals surface area contributed by atoms with Crippen LogP contribution in [0.2, 0.25) is 0 Å². The van der Waals surface area contributed by atoms with Crippen molar-refractivity contribution >= 4 is 34.9 Å². The van der Waals surface area contributed by atoms with E-state index in [-0.39, 0.29) is 17.4 Å². The third-order valence-corrected chi connectivity index (χ3v) is 4.63. The topological polar surface area (TPSA) is 112 Å². The van der Waals surface area contributed by atoms with Gasteiger partial charge < -0.3 is 10.2 Å². The van der Waals surface area contributed by atoms with Gasteiger partial charge in [-0.2, -0.15) is 0 Å². The van der Waals surface area contributed by atoms with Gasteiger partial charge in [-0.25, -0.2) is 14.8 Å². The van der Waals surface area contributed by atoms with Crippen LogP contribution in [-0.2, 0) is 0 Å². The van der Waals surface area contributed by atoms with Crippen LogP contribution in [0.4, 0.5) is 16.4 Å². The summed E-state index contributed by atoms with van der Waals surface area (Å²) in [6, 6.07) is 8.07. The molecule has 0 aliphatic rings. The molecular weight excluding hydrogens is 390 g/mol. The molecule has 0 spiro atoms. The van der Waals surface area contributed by atoms with Gasteiger partial charge in [0.05, 0.1) is 0 Å². The number of pyridine rings is 2. The van der Waals surface area contributed by atoms with E-state index in [9.17, 15) is 9.59 Å². The van der Waals surface area contributed by atoms with E-state index in [1.807, 2.05) is 31.1 Å². The molecular formula is C19H21N7O2S. The van der Waals surface area contributed by atoms with Gasteiger partial charge in [0.1, 0.15) is 22.3 Å². The number of amides is 3.